The van der Waals surface area contributed by atoms with Crippen LogP contribution in [-0.4, -0.2) is 20.7 Å². The fraction of sp³-hybridized carbons (Fsp3) is 0.308. The maximum absolute atomic E-state index is 12.7. The maximum Gasteiger partial charge on any atom is 0.451 e. The first-order chi connectivity index (χ1) is 9.82. The highest BCUT2D eigenvalue weighted by atomic mass is 19.4. The van der Waals surface area contributed by atoms with E-state index in [9.17, 15) is 18.0 Å². The first-order valence-corrected chi connectivity index (χ1v) is 6.22. The molecule has 0 saturated carbocycles. The Balaban J connectivity index is 2.27. The van der Waals surface area contributed by atoms with E-state index in [0.29, 0.717) is 15.8 Å². The van der Waals surface area contributed by atoms with E-state index in [1.54, 1.807) is 31.2 Å². The number of rotatable bonds is 3. The molecule has 1 N–H and O–H groups in total. The first kappa shape index (κ1) is 15.0. The van der Waals surface area contributed by atoms with Crippen LogP contribution in [0.5, 0.6) is 0 Å². The molecule has 0 aliphatic rings. The molecule has 21 heavy (non-hydrogen) atoms. The number of hydrogen-bond donors (Lipinski definition) is 1. The highest BCUT2D eigenvalue weighted by Gasteiger charge is 2.37. The Morgan fingerprint density at radius 1 is 1.33 bits per heavy atom. The number of benzene rings is 1. The van der Waals surface area contributed by atoms with Crippen LogP contribution >= 0.6 is 0 Å². The maximum atomic E-state index is 12.7. The van der Waals surface area contributed by atoms with Crippen LogP contribution in [0.25, 0.3) is 0 Å². The molecule has 8 heteroatoms. The lowest BCUT2D eigenvalue weighted by molar-refractivity contribution is -0.147. The van der Waals surface area contributed by atoms with Crippen LogP contribution in [0.1, 0.15) is 28.7 Å². The third kappa shape index (κ3) is 3.21. The van der Waals surface area contributed by atoms with Gasteiger partial charge in [0.15, 0.2) is 0 Å². The Labute approximate surface area is 118 Å². The number of amides is 1. The minimum absolute atomic E-state index is 0.00206. The van der Waals surface area contributed by atoms with E-state index in [4.69, 9.17) is 0 Å². The third-order valence-corrected chi connectivity index (χ3v) is 2.84. The summed E-state index contributed by atoms with van der Waals surface area (Å²) >= 11 is 0. The molecule has 0 fully saturated rings. The SMILES string of the molecule is CCn1nc(NC(=O)c2ccccc2C)nc1C(F)(F)F. The number of nitrogens with one attached hydrogen (secondary N) is 1. The molecule has 1 amide bonds. The van der Waals surface area contributed by atoms with Gasteiger partial charge in [-0.3, -0.25) is 10.1 Å². The van der Waals surface area contributed by atoms with Gasteiger partial charge in [-0.05, 0) is 25.5 Å². The number of nitrogens with zero attached hydrogens (tertiary/aromatic N) is 3. The number of halogens is 3. The van der Waals surface area contributed by atoms with Crippen LogP contribution < -0.4 is 5.32 Å². The molecule has 0 radical (unpaired) electrons. The fourth-order valence-electron chi connectivity index (χ4n) is 1.82. The van der Waals surface area contributed by atoms with Gasteiger partial charge < -0.3 is 0 Å². The molecule has 112 valence electrons. The second-order valence-corrected chi connectivity index (χ2v) is 4.34. The van der Waals surface area contributed by atoms with Gasteiger partial charge in [-0.15, -0.1) is 5.10 Å². The second kappa shape index (κ2) is 5.55. The summed E-state index contributed by atoms with van der Waals surface area (Å²) in [6.07, 6.45) is -4.62. The van der Waals surface area contributed by atoms with Crippen molar-refractivity contribution >= 4 is 11.9 Å². The largest absolute Gasteiger partial charge is 0.451 e. The van der Waals surface area contributed by atoms with E-state index >= 15 is 0 Å². The zero-order valence-electron chi connectivity index (χ0n) is 11.4. The Kier molecular flexibility index (Phi) is 3.97. The average molecular weight is 298 g/mol. The van der Waals surface area contributed by atoms with Crippen LogP contribution in [0.3, 0.4) is 0 Å². The molecule has 2 rings (SSSR count). The fourth-order valence-corrected chi connectivity index (χ4v) is 1.82. The van der Waals surface area contributed by atoms with Crippen molar-refractivity contribution in [2.75, 3.05) is 5.32 Å². The number of carbonyl (C=O) groups is 1. The molecule has 2 aromatic rings. The Morgan fingerprint density at radius 2 is 2.00 bits per heavy atom. The number of alkyl halides is 3. The lowest BCUT2D eigenvalue weighted by Crippen LogP contribution is -2.15. The van der Waals surface area contributed by atoms with Crippen molar-refractivity contribution in [1.29, 1.82) is 0 Å². The summed E-state index contributed by atoms with van der Waals surface area (Å²) in [7, 11) is 0. The molecule has 0 aliphatic carbocycles. The molecule has 0 unspecified atom stereocenters. The third-order valence-electron chi connectivity index (χ3n) is 2.84. The van der Waals surface area contributed by atoms with Gasteiger partial charge in [0.1, 0.15) is 0 Å². The number of hydrogen-bond acceptors (Lipinski definition) is 3. The van der Waals surface area contributed by atoms with Crippen LogP contribution in [0.15, 0.2) is 24.3 Å². The predicted octanol–water partition coefficient (Wildman–Crippen LogP) is 2.88. The van der Waals surface area contributed by atoms with E-state index < -0.39 is 17.9 Å². The van der Waals surface area contributed by atoms with Gasteiger partial charge in [-0.2, -0.15) is 18.2 Å². The van der Waals surface area contributed by atoms with Crippen molar-refractivity contribution in [2.45, 2.75) is 26.6 Å². The highest BCUT2D eigenvalue weighted by Crippen LogP contribution is 2.28. The minimum atomic E-state index is -4.62. The van der Waals surface area contributed by atoms with Gasteiger partial charge in [0.05, 0.1) is 0 Å². The predicted molar refractivity (Wildman–Crippen MR) is 69.8 cm³/mol. The topological polar surface area (TPSA) is 59.8 Å². The van der Waals surface area contributed by atoms with Gasteiger partial charge in [-0.25, -0.2) is 4.68 Å². The van der Waals surface area contributed by atoms with Gasteiger partial charge in [0.25, 0.3) is 5.91 Å². The van der Waals surface area contributed by atoms with E-state index in [-0.39, 0.29) is 12.5 Å². The van der Waals surface area contributed by atoms with Crippen molar-refractivity contribution in [3.05, 3.63) is 41.2 Å². The van der Waals surface area contributed by atoms with Crippen LogP contribution in [0, 0.1) is 6.92 Å². The quantitative estimate of drug-likeness (QED) is 0.948. The van der Waals surface area contributed by atoms with Crippen LogP contribution in [0.4, 0.5) is 19.1 Å². The normalized spacial score (nSPS) is 11.5. The highest BCUT2D eigenvalue weighted by molar-refractivity contribution is 6.04. The minimum Gasteiger partial charge on any atom is -0.289 e. The standard InChI is InChI=1S/C13H13F3N4O/c1-3-20-11(13(14,15)16)18-12(19-20)17-10(21)9-7-5-4-6-8(9)2/h4-7H,3H2,1-2H3,(H,17,19,21). The Morgan fingerprint density at radius 3 is 2.52 bits per heavy atom. The summed E-state index contributed by atoms with van der Waals surface area (Å²) in [5.74, 6) is -2.04. The van der Waals surface area contributed by atoms with Gasteiger partial charge in [0, 0.05) is 12.1 Å². The smallest absolute Gasteiger partial charge is 0.289 e. The van der Waals surface area contributed by atoms with Crippen molar-refractivity contribution < 1.29 is 18.0 Å². The lowest BCUT2D eigenvalue weighted by Gasteiger charge is -2.04. The van der Waals surface area contributed by atoms with Gasteiger partial charge >= 0.3 is 6.18 Å². The number of aryl methyl sites for hydroxylation is 2. The van der Waals surface area contributed by atoms with Gasteiger partial charge in [-0.1, -0.05) is 18.2 Å². The molecule has 0 saturated heterocycles. The average Bonchev–Trinajstić information content (AvgIpc) is 2.82. The molecule has 1 heterocycles. The summed E-state index contributed by atoms with van der Waals surface area (Å²) in [5, 5.41) is 5.93. The van der Waals surface area contributed by atoms with Crippen molar-refractivity contribution in [1.82, 2.24) is 14.8 Å². The second-order valence-electron chi connectivity index (χ2n) is 4.34. The zero-order valence-corrected chi connectivity index (χ0v) is 11.4. The van der Waals surface area contributed by atoms with Crippen LogP contribution in [-0.2, 0) is 12.7 Å². The first-order valence-electron chi connectivity index (χ1n) is 6.22. The Hall–Kier alpha value is -2.38. The van der Waals surface area contributed by atoms with E-state index in [1.165, 1.54) is 6.92 Å². The van der Waals surface area contributed by atoms with Crippen LogP contribution in [0.2, 0.25) is 0 Å². The summed E-state index contributed by atoms with van der Waals surface area (Å²) in [5.41, 5.74) is 1.07. The molecule has 5 nitrogen and oxygen atoms in total. The monoisotopic (exact) mass is 298 g/mol. The van der Waals surface area contributed by atoms with E-state index in [1.807, 2.05) is 0 Å². The molecule has 0 atom stereocenters. The van der Waals surface area contributed by atoms with Crippen molar-refractivity contribution in [3.8, 4) is 0 Å². The molecule has 0 spiro atoms. The molecule has 1 aromatic carbocycles. The van der Waals surface area contributed by atoms with Crippen molar-refractivity contribution in [3.63, 3.8) is 0 Å². The molecule has 0 aliphatic heterocycles. The van der Waals surface area contributed by atoms with E-state index in [0.717, 1.165) is 0 Å². The summed E-state index contributed by atoms with van der Waals surface area (Å²) < 4.78 is 38.9. The van der Waals surface area contributed by atoms with Crippen molar-refractivity contribution in [2.24, 2.45) is 0 Å². The molecular weight excluding hydrogens is 285 g/mol. The summed E-state index contributed by atoms with van der Waals surface area (Å²) in [4.78, 5) is 15.4. The zero-order chi connectivity index (χ0) is 15.6. The molecular formula is C13H13F3N4O. The summed E-state index contributed by atoms with van der Waals surface area (Å²) in [6, 6.07) is 6.74. The van der Waals surface area contributed by atoms with E-state index in [2.05, 4.69) is 15.4 Å². The Bertz CT molecular complexity index is 664. The number of anilines is 1. The number of aromatic nitrogens is 3. The van der Waals surface area contributed by atoms with Gasteiger partial charge in [0.2, 0.25) is 11.8 Å². The number of carbonyl (C=O) groups excluding carboxylic acids is 1. The molecule has 1 aromatic heterocycles. The molecule has 0 bridgehead atoms. The summed E-state index contributed by atoms with van der Waals surface area (Å²) in [6.45, 7) is 3.24. The lowest BCUT2D eigenvalue weighted by atomic mass is 10.1.